The molecule has 0 unspecified atom stereocenters. The van der Waals surface area contributed by atoms with E-state index < -0.39 is 0 Å². The number of rotatable bonds is 5. The maximum atomic E-state index is 12.9. The zero-order valence-electron chi connectivity index (χ0n) is 10.5. The van der Waals surface area contributed by atoms with Crippen molar-refractivity contribution in [2.45, 2.75) is 6.92 Å². The fourth-order valence-corrected chi connectivity index (χ4v) is 1.88. The quantitative estimate of drug-likeness (QED) is 0.761. The van der Waals surface area contributed by atoms with Crippen molar-refractivity contribution < 1.29 is 13.9 Å². The standard InChI is InChI=1S/C15H14BrFO2/c1-11-10-13(17)4-7-15(11)19-9-8-18-14-5-2-12(16)3-6-14/h2-7,10H,8-9H2,1H3. The minimum absolute atomic E-state index is 0.254. The minimum atomic E-state index is -0.254. The highest BCUT2D eigenvalue weighted by atomic mass is 79.9. The van der Waals surface area contributed by atoms with Crippen molar-refractivity contribution in [1.82, 2.24) is 0 Å². The van der Waals surface area contributed by atoms with Gasteiger partial charge in [0.25, 0.3) is 0 Å². The predicted octanol–water partition coefficient (Wildman–Crippen LogP) is 4.35. The smallest absolute Gasteiger partial charge is 0.123 e. The van der Waals surface area contributed by atoms with E-state index in [0.717, 1.165) is 15.8 Å². The van der Waals surface area contributed by atoms with Crippen LogP contribution in [-0.4, -0.2) is 13.2 Å². The van der Waals surface area contributed by atoms with E-state index in [1.165, 1.54) is 12.1 Å². The summed E-state index contributed by atoms with van der Waals surface area (Å²) in [6.07, 6.45) is 0. The third-order valence-electron chi connectivity index (χ3n) is 2.56. The number of benzene rings is 2. The number of halogens is 2. The molecule has 4 heteroatoms. The van der Waals surface area contributed by atoms with E-state index in [9.17, 15) is 4.39 Å². The van der Waals surface area contributed by atoms with Crippen LogP contribution in [0.1, 0.15) is 5.56 Å². The van der Waals surface area contributed by atoms with Gasteiger partial charge in [0.2, 0.25) is 0 Å². The highest BCUT2D eigenvalue weighted by molar-refractivity contribution is 9.10. The van der Waals surface area contributed by atoms with E-state index >= 15 is 0 Å². The van der Waals surface area contributed by atoms with E-state index in [4.69, 9.17) is 9.47 Å². The summed E-state index contributed by atoms with van der Waals surface area (Å²) in [5, 5.41) is 0. The molecule has 0 aliphatic heterocycles. The van der Waals surface area contributed by atoms with Crippen LogP contribution in [0.25, 0.3) is 0 Å². The van der Waals surface area contributed by atoms with Crippen LogP contribution in [0.2, 0.25) is 0 Å². The van der Waals surface area contributed by atoms with Gasteiger partial charge in [-0.15, -0.1) is 0 Å². The lowest BCUT2D eigenvalue weighted by molar-refractivity contribution is 0.216. The summed E-state index contributed by atoms with van der Waals surface area (Å²) in [7, 11) is 0. The average molecular weight is 325 g/mol. The molecule has 0 fully saturated rings. The minimum Gasteiger partial charge on any atom is -0.490 e. The molecule has 2 aromatic rings. The van der Waals surface area contributed by atoms with Gasteiger partial charge in [-0.2, -0.15) is 0 Å². The molecular formula is C15H14BrFO2. The van der Waals surface area contributed by atoms with Crippen molar-refractivity contribution in [2.24, 2.45) is 0 Å². The number of hydrogen-bond acceptors (Lipinski definition) is 2. The Hall–Kier alpha value is -1.55. The molecule has 0 atom stereocenters. The van der Waals surface area contributed by atoms with Crippen LogP contribution >= 0.6 is 15.9 Å². The summed E-state index contributed by atoms with van der Waals surface area (Å²) >= 11 is 3.36. The Balaban J connectivity index is 1.79. The van der Waals surface area contributed by atoms with E-state index in [2.05, 4.69) is 15.9 Å². The average Bonchev–Trinajstić information content (AvgIpc) is 2.39. The predicted molar refractivity (Wildman–Crippen MR) is 76.3 cm³/mol. The molecule has 0 saturated carbocycles. The molecule has 2 nitrogen and oxygen atoms in total. The molecule has 0 heterocycles. The Labute approximate surface area is 120 Å². The Morgan fingerprint density at radius 2 is 1.68 bits per heavy atom. The maximum Gasteiger partial charge on any atom is 0.123 e. The first-order valence-electron chi connectivity index (χ1n) is 5.92. The van der Waals surface area contributed by atoms with Crippen molar-refractivity contribution in [1.29, 1.82) is 0 Å². The van der Waals surface area contributed by atoms with Crippen molar-refractivity contribution in [3.63, 3.8) is 0 Å². The molecule has 2 rings (SSSR count). The topological polar surface area (TPSA) is 18.5 Å². The fourth-order valence-electron chi connectivity index (χ4n) is 1.62. The van der Waals surface area contributed by atoms with Gasteiger partial charge in [-0.3, -0.25) is 0 Å². The molecule has 0 saturated heterocycles. The van der Waals surface area contributed by atoms with Gasteiger partial charge >= 0.3 is 0 Å². The van der Waals surface area contributed by atoms with Gasteiger partial charge in [0, 0.05) is 4.47 Å². The molecule has 0 radical (unpaired) electrons. The summed E-state index contributed by atoms with van der Waals surface area (Å²) in [6, 6.07) is 12.1. The van der Waals surface area contributed by atoms with Gasteiger partial charge in [-0.1, -0.05) is 15.9 Å². The van der Waals surface area contributed by atoms with Crippen LogP contribution in [0.3, 0.4) is 0 Å². The Bertz CT molecular complexity index is 540. The summed E-state index contributed by atoms with van der Waals surface area (Å²) in [5.74, 6) is 1.22. The second-order valence-electron chi connectivity index (χ2n) is 4.06. The third-order valence-corrected chi connectivity index (χ3v) is 3.09. The molecule has 0 aliphatic carbocycles. The lowest BCUT2D eigenvalue weighted by Crippen LogP contribution is -2.09. The second kappa shape index (κ2) is 6.57. The summed E-state index contributed by atoms with van der Waals surface area (Å²) in [5.41, 5.74) is 0.781. The Morgan fingerprint density at radius 3 is 2.37 bits per heavy atom. The molecule has 0 N–H and O–H groups in total. The van der Waals surface area contributed by atoms with Gasteiger partial charge in [0.1, 0.15) is 30.5 Å². The molecule has 100 valence electrons. The molecule has 0 amide bonds. The molecule has 2 aromatic carbocycles. The lowest BCUT2D eigenvalue weighted by Gasteiger charge is -2.10. The monoisotopic (exact) mass is 324 g/mol. The first-order valence-corrected chi connectivity index (χ1v) is 6.72. The first-order chi connectivity index (χ1) is 9.15. The third kappa shape index (κ3) is 4.24. The second-order valence-corrected chi connectivity index (χ2v) is 4.98. The van der Waals surface area contributed by atoms with Gasteiger partial charge in [0.15, 0.2) is 0 Å². The first kappa shape index (κ1) is 13.9. The zero-order chi connectivity index (χ0) is 13.7. The van der Waals surface area contributed by atoms with Crippen molar-refractivity contribution in [2.75, 3.05) is 13.2 Å². The highest BCUT2D eigenvalue weighted by Crippen LogP contribution is 2.19. The molecule has 0 aromatic heterocycles. The number of hydrogen-bond donors (Lipinski definition) is 0. The summed E-state index contributed by atoms with van der Waals surface area (Å²) in [4.78, 5) is 0. The fraction of sp³-hybridized carbons (Fsp3) is 0.200. The van der Waals surface area contributed by atoms with Crippen LogP contribution in [-0.2, 0) is 0 Å². The Morgan fingerprint density at radius 1 is 1.00 bits per heavy atom. The zero-order valence-corrected chi connectivity index (χ0v) is 12.1. The van der Waals surface area contributed by atoms with Gasteiger partial charge in [-0.05, 0) is 55.0 Å². The van der Waals surface area contributed by atoms with Crippen molar-refractivity contribution in [3.8, 4) is 11.5 Å². The molecular weight excluding hydrogens is 311 g/mol. The molecule has 0 bridgehead atoms. The van der Waals surface area contributed by atoms with Crippen LogP contribution in [0.4, 0.5) is 4.39 Å². The van der Waals surface area contributed by atoms with E-state index in [1.54, 1.807) is 6.07 Å². The lowest BCUT2D eigenvalue weighted by atomic mass is 10.2. The van der Waals surface area contributed by atoms with E-state index in [0.29, 0.717) is 19.0 Å². The molecule has 0 spiro atoms. The SMILES string of the molecule is Cc1cc(F)ccc1OCCOc1ccc(Br)cc1. The summed E-state index contributed by atoms with van der Waals surface area (Å²) in [6.45, 7) is 2.68. The molecule has 19 heavy (non-hydrogen) atoms. The largest absolute Gasteiger partial charge is 0.490 e. The summed E-state index contributed by atoms with van der Waals surface area (Å²) < 4.78 is 25.0. The normalized spacial score (nSPS) is 10.3. The van der Waals surface area contributed by atoms with Gasteiger partial charge in [-0.25, -0.2) is 4.39 Å². The Kier molecular flexibility index (Phi) is 4.80. The van der Waals surface area contributed by atoms with Crippen LogP contribution in [0.15, 0.2) is 46.9 Å². The highest BCUT2D eigenvalue weighted by Gasteiger charge is 2.01. The van der Waals surface area contributed by atoms with Crippen LogP contribution in [0, 0.1) is 12.7 Å². The molecule has 0 aliphatic rings. The van der Waals surface area contributed by atoms with E-state index in [-0.39, 0.29) is 5.82 Å². The van der Waals surface area contributed by atoms with Gasteiger partial charge in [0.05, 0.1) is 0 Å². The maximum absolute atomic E-state index is 12.9. The van der Waals surface area contributed by atoms with Crippen molar-refractivity contribution >= 4 is 15.9 Å². The van der Waals surface area contributed by atoms with Crippen LogP contribution in [0.5, 0.6) is 11.5 Å². The number of ether oxygens (including phenoxy) is 2. The van der Waals surface area contributed by atoms with Crippen LogP contribution < -0.4 is 9.47 Å². The van der Waals surface area contributed by atoms with Gasteiger partial charge < -0.3 is 9.47 Å². The number of aryl methyl sites for hydroxylation is 1. The van der Waals surface area contributed by atoms with Crippen molar-refractivity contribution in [3.05, 3.63) is 58.3 Å². The van der Waals surface area contributed by atoms with E-state index in [1.807, 2.05) is 31.2 Å².